The van der Waals surface area contributed by atoms with Gasteiger partial charge in [0.15, 0.2) is 0 Å². The van der Waals surface area contributed by atoms with Crippen molar-refractivity contribution >= 4 is 11.6 Å². The van der Waals surface area contributed by atoms with Gasteiger partial charge in [0.25, 0.3) is 0 Å². The average Bonchev–Trinajstić information content (AvgIpc) is 3.32. The van der Waals surface area contributed by atoms with Crippen molar-refractivity contribution in [2.24, 2.45) is 23.5 Å². The predicted octanol–water partition coefficient (Wildman–Crippen LogP) is 0.983. The number of rotatable bonds is 4. The van der Waals surface area contributed by atoms with E-state index in [2.05, 4.69) is 20.8 Å². The Morgan fingerprint density at radius 1 is 1.38 bits per heavy atom. The van der Waals surface area contributed by atoms with Crippen molar-refractivity contribution in [3.05, 3.63) is 24.5 Å². The molecule has 1 heterocycles. The van der Waals surface area contributed by atoms with Crippen LogP contribution in [0, 0.1) is 17.8 Å². The first-order valence-corrected chi connectivity index (χ1v) is 8.15. The quantitative estimate of drug-likeness (QED) is 0.866. The molecule has 2 bridgehead atoms. The van der Waals surface area contributed by atoms with E-state index in [1.165, 1.54) is 11.0 Å². The summed E-state index contributed by atoms with van der Waals surface area (Å²) in [7, 11) is 1.58. The van der Waals surface area contributed by atoms with Gasteiger partial charge in [0.2, 0.25) is 5.91 Å². The Labute approximate surface area is 139 Å². The smallest absolute Gasteiger partial charge is 0.229 e. The zero-order valence-electron chi connectivity index (χ0n) is 13.4. The van der Waals surface area contributed by atoms with Gasteiger partial charge >= 0.3 is 0 Å². The summed E-state index contributed by atoms with van der Waals surface area (Å²) in [6.45, 7) is 0. The summed E-state index contributed by atoms with van der Waals surface area (Å²) in [5, 5.41) is 14.1. The van der Waals surface area contributed by atoms with E-state index in [0.717, 1.165) is 19.3 Å². The van der Waals surface area contributed by atoms with Gasteiger partial charge in [0.1, 0.15) is 17.8 Å². The topological polar surface area (TPSA) is 108 Å². The minimum atomic E-state index is -0.0951. The molecule has 4 rings (SSSR count). The third-order valence-corrected chi connectivity index (χ3v) is 5.33. The summed E-state index contributed by atoms with van der Waals surface area (Å²) in [5.41, 5.74) is 7.61. The Morgan fingerprint density at radius 2 is 2.21 bits per heavy atom. The first-order chi connectivity index (χ1) is 11.7. The molecule has 8 nitrogen and oxygen atoms in total. The number of amides is 1. The zero-order valence-corrected chi connectivity index (χ0v) is 13.4. The van der Waals surface area contributed by atoms with E-state index in [1.807, 2.05) is 6.07 Å². The van der Waals surface area contributed by atoms with Crippen LogP contribution >= 0.6 is 0 Å². The maximum absolute atomic E-state index is 12.7. The summed E-state index contributed by atoms with van der Waals surface area (Å²) in [4.78, 5) is 12.7. The number of hydrogen-bond donors (Lipinski definition) is 2. The van der Waals surface area contributed by atoms with E-state index in [-0.39, 0.29) is 17.9 Å². The number of fused-ring (bicyclic) bond motifs is 2. The van der Waals surface area contributed by atoms with E-state index in [0.29, 0.717) is 29.0 Å². The van der Waals surface area contributed by atoms with Crippen molar-refractivity contribution in [1.29, 1.82) is 0 Å². The molecule has 0 spiro atoms. The summed E-state index contributed by atoms with van der Waals surface area (Å²) < 4.78 is 6.83. The number of tetrazole rings is 1. The van der Waals surface area contributed by atoms with Gasteiger partial charge in [0, 0.05) is 11.7 Å². The highest BCUT2D eigenvalue weighted by molar-refractivity contribution is 5.94. The standard InChI is InChI=1S/C16H20N6O2/c1-24-13-5-4-11(7-12(13)22-8-18-20-21-22)19-16(23)14-9-2-3-10(6-9)15(14)17/h4-5,7-10,14-15H,2-3,6,17H2,1H3,(H,19,23). The summed E-state index contributed by atoms with van der Waals surface area (Å²) in [6, 6.07) is 5.36. The lowest BCUT2D eigenvalue weighted by molar-refractivity contribution is -0.121. The van der Waals surface area contributed by atoms with Crippen molar-refractivity contribution in [1.82, 2.24) is 20.2 Å². The van der Waals surface area contributed by atoms with Crippen LogP contribution in [0.3, 0.4) is 0 Å². The lowest BCUT2D eigenvalue weighted by Gasteiger charge is -2.27. The number of nitrogens with two attached hydrogens (primary N) is 1. The zero-order chi connectivity index (χ0) is 16.7. The Kier molecular flexibility index (Phi) is 3.68. The second kappa shape index (κ2) is 5.86. The first-order valence-electron chi connectivity index (χ1n) is 8.15. The molecule has 2 aliphatic rings. The van der Waals surface area contributed by atoms with Crippen LogP contribution < -0.4 is 15.8 Å². The van der Waals surface area contributed by atoms with Crippen LogP contribution in [0.2, 0.25) is 0 Å². The molecule has 3 N–H and O–H groups in total. The van der Waals surface area contributed by atoms with Gasteiger partial charge in [0.05, 0.1) is 13.0 Å². The van der Waals surface area contributed by atoms with E-state index in [1.54, 1.807) is 19.2 Å². The number of benzene rings is 1. The highest BCUT2D eigenvalue weighted by Gasteiger charge is 2.49. The molecule has 2 saturated carbocycles. The molecule has 2 fully saturated rings. The molecule has 2 aliphatic carbocycles. The molecule has 4 unspecified atom stereocenters. The molecule has 0 saturated heterocycles. The van der Waals surface area contributed by atoms with Gasteiger partial charge in [-0.15, -0.1) is 5.10 Å². The van der Waals surface area contributed by atoms with Crippen molar-refractivity contribution in [2.45, 2.75) is 25.3 Å². The second-order valence-corrected chi connectivity index (χ2v) is 6.57. The number of ether oxygens (including phenoxy) is 1. The van der Waals surface area contributed by atoms with Crippen LogP contribution in [-0.2, 0) is 4.79 Å². The molecule has 1 aromatic heterocycles. The summed E-state index contributed by atoms with van der Waals surface area (Å²) >= 11 is 0. The Balaban J connectivity index is 1.57. The molecule has 0 radical (unpaired) electrons. The fourth-order valence-electron chi connectivity index (χ4n) is 4.17. The molecular weight excluding hydrogens is 308 g/mol. The van der Waals surface area contributed by atoms with E-state index in [4.69, 9.17) is 10.5 Å². The fourth-order valence-corrected chi connectivity index (χ4v) is 4.17. The monoisotopic (exact) mass is 328 g/mol. The number of anilines is 1. The Hall–Kier alpha value is -2.48. The minimum absolute atomic E-state index is 0.00234. The lowest BCUT2D eigenvalue weighted by atomic mass is 9.84. The minimum Gasteiger partial charge on any atom is -0.494 e. The molecule has 1 amide bonds. The number of nitrogens with zero attached hydrogens (tertiary/aromatic N) is 4. The number of carbonyl (C=O) groups excluding carboxylic acids is 1. The van der Waals surface area contributed by atoms with E-state index >= 15 is 0 Å². The van der Waals surface area contributed by atoms with Gasteiger partial charge in [-0.05, 0) is 59.7 Å². The van der Waals surface area contributed by atoms with Crippen LogP contribution in [0.15, 0.2) is 24.5 Å². The molecule has 8 heteroatoms. The van der Waals surface area contributed by atoms with Crippen LogP contribution in [0.4, 0.5) is 5.69 Å². The van der Waals surface area contributed by atoms with Crippen molar-refractivity contribution in [3.63, 3.8) is 0 Å². The average molecular weight is 328 g/mol. The van der Waals surface area contributed by atoms with Crippen LogP contribution in [0.5, 0.6) is 5.75 Å². The van der Waals surface area contributed by atoms with E-state index in [9.17, 15) is 4.79 Å². The third-order valence-electron chi connectivity index (χ3n) is 5.33. The van der Waals surface area contributed by atoms with Gasteiger partial charge in [-0.1, -0.05) is 0 Å². The number of aromatic nitrogens is 4. The number of carbonyl (C=O) groups is 1. The molecule has 2 aromatic rings. The van der Waals surface area contributed by atoms with Gasteiger partial charge in [-0.25, -0.2) is 0 Å². The van der Waals surface area contributed by atoms with E-state index < -0.39 is 0 Å². The van der Waals surface area contributed by atoms with Crippen molar-refractivity contribution < 1.29 is 9.53 Å². The SMILES string of the molecule is COc1ccc(NC(=O)C2C3CCC(C3)C2N)cc1-n1cnnn1. The van der Waals surface area contributed by atoms with Gasteiger partial charge in [-0.2, -0.15) is 4.68 Å². The molecule has 4 atom stereocenters. The summed E-state index contributed by atoms with van der Waals surface area (Å²) in [5.74, 6) is 1.45. The number of nitrogens with one attached hydrogen (secondary N) is 1. The second-order valence-electron chi connectivity index (χ2n) is 6.57. The largest absolute Gasteiger partial charge is 0.494 e. The predicted molar refractivity (Wildman–Crippen MR) is 86.6 cm³/mol. The highest BCUT2D eigenvalue weighted by atomic mass is 16.5. The van der Waals surface area contributed by atoms with Crippen LogP contribution in [0.1, 0.15) is 19.3 Å². The Morgan fingerprint density at radius 3 is 2.88 bits per heavy atom. The summed E-state index contributed by atoms with van der Waals surface area (Å²) in [6.07, 6.45) is 4.82. The van der Waals surface area contributed by atoms with Crippen LogP contribution in [0.25, 0.3) is 5.69 Å². The molecule has 24 heavy (non-hydrogen) atoms. The third kappa shape index (κ3) is 2.43. The van der Waals surface area contributed by atoms with Gasteiger partial charge in [-0.3, -0.25) is 4.79 Å². The molecule has 0 aliphatic heterocycles. The molecular formula is C16H20N6O2. The van der Waals surface area contributed by atoms with Gasteiger partial charge < -0.3 is 15.8 Å². The highest BCUT2D eigenvalue weighted by Crippen LogP contribution is 2.48. The number of methoxy groups -OCH3 is 1. The first kappa shape index (κ1) is 15.1. The molecule has 126 valence electrons. The van der Waals surface area contributed by atoms with Crippen LogP contribution in [-0.4, -0.2) is 39.3 Å². The fraction of sp³-hybridized carbons (Fsp3) is 0.500. The normalized spacial score (nSPS) is 28.1. The lowest BCUT2D eigenvalue weighted by Crippen LogP contribution is -2.42. The van der Waals surface area contributed by atoms with Crippen molar-refractivity contribution in [3.8, 4) is 11.4 Å². The maximum Gasteiger partial charge on any atom is 0.229 e. The maximum atomic E-state index is 12.7. The van der Waals surface area contributed by atoms with Crippen molar-refractivity contribution in [2.75, 3.05) is 12.4 Å². The number of hydrogen-bond acceptors (Lipinski definition) is 6. The Bertz CT molecular complexity index is 745. The molecule has 1 aromatic carbocycles.